The van der Waals surface area contributed by atoms with Gasteiger partial charge in [0.2, 0.25) is 0 Å². The zero-order valence-corrected chi connectivity index (χ0v) is 10.4. The molecule has 3 rings (SSSR count). The average molecular weight is 252 g/mol. The summed E-state index contributed by atoms with van der Waals surface area (Å²) < 4.78 is 7.21. The van der Waals surface area contributed by atoms with Crippen LogP contribution in [0.1, 0.15) is 0 Å². The molecular formula is C15H12N2O2. The van der Waals surface area contributed by atoms with Crippen molar-refractivity contribution < 1.29 is 4.74 Å². The third kappa shape index (κ3) is 1.87. The molecule has 0 atom stereocenters. The maximum Gasteiger partial charge on any atom is 0.280 e. The zero-order valence-electron chi connectivity index (χ0n) is 10.4. The summed E-state index contributed by atoms with van der Waals surface area (Å²) in [5.74, 6) is 0.734. The molecule has 0 saturated carbocycles. The Morgan fingerprint density at radius 1 is 1.05 bits per heavy atom. The van der Waals surface area contributed by atoms with Gasteiger partial charge in [0.05, 0.1) is 23.7 Å². The first-order valence-electron chi connectivity index (χ1n) is 5.91. The van der Waals surface area contributed by atoms with Crippen LogP contribution in [-0.2, 0) is 0 Å². The molecule has 0 amide bonds. The number of nitrogens with zero attached hydrogens (tertiary/aromatic N) is 2. The molecule has 4 heteroatoms. The Morgan fingerprint density at radius 3 is 2.63 bits per heavy atom. The monoisotopic (exact) mass is 252 g/mol. The second-order valence-electron chi connectivity index (χ2n) is 4.11. The molecule has 0 spiro atoms. The molecule has 0 aliphatic heterocycles. The minimum absolute atomic E-state index is 0.221. The number of aromatic nitrogens is 2. The fourth-order valence-corrected chi connectivity index (χ4v) is 2.13. The number of hydrogen-bond donors (Lipinski definition) is 0. The molecule has 0 fully saturated rings. The van der Waals surface area contributed by atoms with E-state index in [1.54, 1.807) is 13.2 Å². The second-order valence-corrected chi connectivity index (χ2v) is 4.11. The Labute approximate surface area is 109 Å². The minimum atomic E-state index is -0.221. The van der Waals surface area contributed by atoms with Gasteiger partial charge in [-0.15, -0.1) is 0 Å². The normalized spacial score (nSPS) is 10.6. The number of methoxy groups -OCH3 is 1. The van der Waals surface area contributed by atoms with Crippen LogP contribution in [0.4, 0.5) is 0 Å². The van der Waals surface area contributed by atoms with E-state index in [4.69, 9.17) is 4.74 Å². The highest BCUT2D eigenvalue weighted by Gasteiger charge is 2.08. The van der Waals surface area contributed by atoms with Gasteiger partial charge in [-0.25, -0.2) is 0 Å². The lowest BCUT2D eigenvalue weighted by molar-refractivity contribution is 0.413. The summed E-state index contributed by atoms with van der Waals surface area (Å²) >= 11 is 0. The summed E-state index contributed by atoms with van der Waals surface area (Å²) in [4.78, 5) is 15.7. The van der Waals surface area contributed by atoms with E-state index in [0.717, 1.165) is 17.0 Å². The van der Waals surface area contributed by atoms with E-state index in [-0.39, 0.29) is 5.56 Å². The molecule has 0 saturated heterocycles. The number of fused-ring (bicyclic) bond motifs is 1. The van der Waals surface area contributed by atoms with Crippen LogP contribution in [0.2, 0.25) is 0 Å². The van der Waals surface area contributed by atoms with Gasteiger partial charge in [-0.05, 0) is 24.3 Å². The van der Waals surface area contributed by atoms with Gasteiger partial charge in [0.15, 0.2) is 0 Å². The number of para-hydroxylation sites is 3. The van der Waals surface area contributed by atoms with Gasteiger partial charge in [0, 0.05) is 0 Å². The lowest BCUT2D eigenvalue weighted by Crippen LogP contribution is -2.11. The maximum atomic E-state index is 11.8. The summed E-state index contributed by atoms with van der Waals surface area (Å²) in [6, 6.07) is 15.0. The van der Waals surface area contributed by atoms with Crippen molar-refractivity contribution in [2.45, 2.75) is 0 Å². The van der Waals surface area contributed by atoms with Crippen LogP contribution in [0.15, 0.2) is 59.7 Å². The van der Waals surface area contributed by atoms with Crippen LogP contribution in [0, 0.1) is 0 Å². The maximum absolute atomic E-state index is 11.8. The van der Waals surface area contributed by atoms with Crippen molar-refractivity contribution in [3.63, 3.8) is 0 Å². The summed E-state index contributed by atoms with van der Waals surface area (Å²) in [5.41, 5.74) is 1.45. The Morgan fingerprint density at radius 2 is 1.79 bits per heavy atom. The molecule has 0 bridgehead atoms. The lowest BCUT2D eigenvalue weighted by Gasteiger charge is -2.13. The smallest absolute Gasteiger partial charge is 0.280 e. The molecule has 19 heavy (non-hydrogen) atoms. The number of benzene rings is 2. The van der Waals surface area contributed by atoms with Crippen molar-refractivity contribution in [1.82, 2.24) is 9.55 Å². The first kappa shape index (κ1) is 11.5. The van der Waals surface area contributed by atoms with E-state index in [9.17, 15) is 4.79 Å². The SMILES string of the molecule is COc1ccccc1-n1cnc(=O)c2ccccc21. The summed E-state index contributed by atoms with van der Waals surface area (Å²) in [6.45, 7) is 0. The predicted molar refractivity (Wildman–Crippen MR) is 73.9 cm³/mol. The Bertz CT molecular complexity index is 793. The molecular weight excluding hydrogens is 240 g/mol. The van der Waals surface area contributed by atoms with Gasteiger partial charge < -0.3 is 4.74 Å². The molecule has 0 aliphatic carbocycles. The molecule has 1 aromatic heterocycles. The van der Waals surface area contributed by atoms with E-state index in [1.807, 2.05) is 47.0 Å². The summed E-state index contributed by atoms with van der Waals surface area (Å²) in [6.07, 6.45) is 1.53. The minimum Gasteiger partial charge on any atom is -0.495 e. The highest BCUT2D eigenvalue weighted by Crippen LogP contribution is 2.24. The lowest BCUT2D eigenvalue weighted by atomic mass is 10.2. The van der Waals surface area contributed by atoms with Crippen LogP contribution in [0.5, 0.6) is 5.75 Å². The van der Waals surface area contributed by atoms with Crippen molar-refractivity contribution in [3.05, 3.63) is 65.2 Å². The van der Waals surface area contributed by atoms with Gasteiger partial charge >= 0.3 is 0 Å². The van der Waals surface area contributed by atoms with E-state index in [1.165, 1.54) is 6.33 Å². The van der Waals surface area contributed by atoms with Gasteiger partial charge in [-0.1, -0.05) is 24.3 Å². The first-order chi connectivity index (χ1) is 9.31. The molecule has 94 valence electrons. The van der Waals surface area contributed by atoms with E-state index < -0.39 is 0 Å². The highest BCUT2D eigenvalue weighted by atomic mass is 16.5. The van der Waals surface area contributed by atoms with E-state index in [2.05, 4.69) is 4.98 Å². The fourth-order valence-electron chi connectivity index (χ4n) is 2.13. The third-order valence-electron chi connectivity index (χ3n) is 3.03. The van der Waals surface area contributed by atoms with Gasteiger partial charge in [-0.3, -0.25) is 9.36 Å². The zero-order chi connectivity index (χ0) is 13.2. The average Bonchev–Trinajstić information content (AvgIpc) is 2.48. The van der Waals surface area contributed by atoms with E-state index >= 15 is 0 Å². The third-order valence-corrected chi connectivity index (χ3v) is 3.03. The van der Waals surface area contributed by atoms with Crippen molar-refractivity contribution in [3.8, 4) is 11.4 Å². The van der Waals surface area contributed by atoms with Crippen molar-refractivity contribution in [1.29, 1.82) is 0 Å². The highest BCUT2D eigenvalue weighted by molar-refractivity contribution is 5.79. The van der Waals surface area contributed by atoms with Crippen LogP contribution in [0.3, 0.4) is 0 Å². The van der Waals surface area contributed by atoms with Crippen LogP contribution in [0.25, 0.3) is 16.6 Å². The van der Waals surface area contributed by atoms with E-state index in [0.29, 0.717) is 5.39 Å². The van der Waals surface area contributed by atoms with Crippen LogP contribution in [-0.4, -0.2) is 16.7 Å². The molecule has 0 aliphatic rings. The molecule has 1 heterocycles. The summed E-state index contributed by atoms with van der Waals surface area (Å²) in [7, 11) is 1.62. The van der Waals surface area contributed by atoms with Crippen molar-refractivity contribution in [2.24, 2.45) is 0 Å². The van der Waals surface area contributed by atoms with Gasteiger partial charge in [0.25, 0.3) is 5.56 Å². The molecule has 2 aromatic carbocycles. The molecule has 0 N–H and O–H groups in total. The van der Waals surface area contributed by atoms with Crippen LogP contribution >= 0.6 is 0 Å². The molecule has 0 radical (unpaired) electrons. The molecule has 3 aromatic rings. The van der Waals surface area contributed by atoms with Crippen molar-refractivity contribution in [2.75, 3.05) is 7.11 Å². The summed E-state index contributed by atoms with van der Waals surface area (Å²) in [5, 5.41) is 0.593. The first-order valence-corrected chi connectivity index (χ1v) is 5.91. The van der Waals surface area contributed by atoms with Gasteiger partial charge in [0.1, 0.15) is 12.1 Å². The number of rotatable bonds is 2. The predicted octanol–water partition coefficient (Wildman–Crippen LogP) is 2.39. The topological polar surface area (TPSA) is 44.1 Å². The Kier molecular flexibility index (Phi) is 2.76. The fraction of sp³-hybridized carbons (Fsp3) is 0.0667. The second kappa shape index (κ2) is 4.57. The largest absolute Gasteiger partial charge is 0.495 e. The van der Waals surface area contributed by atoms with Crippen molar-refractivity contribution >= 4 is 10.9 Å². The molecule has 0 unspecified atom stereocenters. The quantitative estimate of drug-likeness (QED) is 0.703. The Balaban J connectivity index is 2.38. The number of hydrogen-bond acceptors (Lipinski definition) is 3. The van der Waals surface area contributed by atoms with Crippen LogP contribution < -0.4 is 10.3 Å². The molecule has 4 nitrogen and oxygen atoms in total. The number of ether oxygens (including phenoxy) is 1. The Hall–Kier alpha value is -2.62. The standard InChI is InChI=1S/C15H12N2O2/c1-19-14-9-5-4-8-13(14)17-10-16-15(18)11-6-2-3-7-12(11)17/h2-10H,1H3. The van der Waals surface area contributed by atoms with Gasteiger partial charge in [-0.2, -0.15) is 4.98 Å².